The molecule has 0 spiro atoms. The van der Waals surface area contributed by atoms with E-state index in [4.69, 9.17) is 4.74 Å². The quantitative estimate of drug-likeness (QED) is 0.739. The first-order valence-corrected chi connectivity index (χ1v) is 5.85. The number of para-hydroxylation sites is 1. The fraction of sp³-hybridized carbons (Fsp3) is 0.462. The van der Waals surface area contributed by atoms with Gasteiger partial charge in [-0.15, -0.1) is 0 Å². The van der Waals surface area contributed by atoms with Crippen molar-refractivity contribution in [3.63, 3.8) is 0 Å². The number of morpholine rings is 1. The summed E-state index contributed by atoms with van der Waals surface area (Å²) >= 11 is 0. The Kier molecular flexibility index (Phi) is 3.17. The molecule has 1 amide bonds. The first-order chi connectivity index (χ1) is 8.41. The summed E-state index contributed by atoms with van der Waals surface area (Å²) in [4.78, 5) is 13.9. The van der Waals surface area contributed by atoms with Crippen LogP contribution in [0, 0.1) is 0 Å². The van der Waals surface area contributed by atoms with Gasteiger partial charge in [0.2, 0.25) is 0 Å². The lowest BCUT2D eigenvalue weighted by atomic mass is 10.1. The van der Waals surface area contributed by atoms with Crippen molar-refractivity contribution >= 4 is 5.91 Å². The Bertz CT molecular complexity index is 470. The Hall–Kier alpha value is -1.75. The van der Waals surface area contributed by atoms with Gasteiger partial charge in [0.1, 0.15) is 0 Å². The lowest BCUT2D eigenvalue weighted by molar-refractivity contribution is -0.0764. The molecule has 98 valence electrons. The van der Waals surface area contributed by atoms with Crippen LogP contribution >= 0.6 is 0 Å². The molecule has 2 rings (SSSR count). The third-order valence-corrected chi connectivity index (χ3v) is 2.96. The lowest BCUT2D eigenvalue weighted by Crippen LogP contribution is -2.50. The Morgan fingerprint density at radius 1 is 1.39 bits per heavy atom. The molecule has 1 heterocycles. The molecular formula is C13H17NO4. The van der Waals surface area contributed by atoms with Gasteiger partial charge < -0.3 is 19.8 Å². The van der Waals surface area contributed by atoms with Gasteiger partial charge in [0.15, 0.2) is 11.5 Å². The maximum absolute atomic E-state index is 12.3. The minimum absolute atomic E-state index is 0.118. The van der Waals surface area contributed by atoms with Crippen molar-refractivity contribution in [2.45, 2.75) is 19.4 Å². The van der Waals surface area contributed by atoms with Crippen LogP contribution in [-0.4, -0.2) is 46.3 Å². The highest BCUT2D eigenvalue weighted by Crippen LogP contribution is 2.30. The normalized spacial score (nSPS) is 18.7. The van der Waals surface area contributed by atoms with Crippen molar-refractivity contribution in [2.24, 2.45) is 0 Å². The zero-order valence-electron chi connectivity index (χ0n) is 10.5. The fourth-order valence-electron chi connectivity index (χ4n) is 2.06. The molecule has 5 heteroatoms. The van der Waals surface area contributed by atoms with Gasteiger partial charge in [-0.2, -0.15) is 0 Å². The van der Waals surface area contributed by atoms with Crippen LogP contribution < -0.4 is 0 Å². The Morgan fingerprint density at radius 3 is 2.78 bits per heavy atom. The zero-order chi connectivity index (χ0) is 13.3. The summed E-state index contributed by atoms with van der Waals surface area (Å²) in [5.41, 5.74) is -0.270. The molecule has 0 aromatic heterocycles. The van der Waals surface area contributed by atoms with Crippen molar-refractivity contribution in [1.82, 2.24) is 4.90 Å². The van der Waals surface area contributed by atoms with Crippen molar-refractivity contribution in [3.05, 3.63) is 23.8 Å². The van der Waals surface area contributed by atoms with Gasteiger partial charge in [-0.25, -0.2) is 0 Å². The standard InChI is InChI=1S/C13H17NO4/c1-13(2)8-14(6-7-18-13)12(17)9-4-3-5-10(15)11(9)16/h3-5,15-16H,6-8H2,1-2H3. The van der Waals surface area contributed by atoms with Crippen LogP contribution in [0.15, 0.2) is 18.2 Å². The summed E-state index contributed by atoms with van der Waals surface area (Å²) in [5.74, 6) is -0.944. The van der Waals surface area contributed by atoms with Crippen LogP contribution in [0.3, 0.4) is 0 Å². The molecule has 0 saturated carbocycles. The van der Waals surface area contributed by atoms with E-state index in [2.05, 4.69) is 0 Å². The van der Waals surface area contributed by atoms with Crippen LogP contribution in [0.25, 0.3) is 0 Å². The molecule has 5 nitrogen and oxygen atoms in total. The highest BCUT2D eigenvalue weighted by Gasteiger charge is 2.31. The van der Waals surface area contributed by atoms with Gasteiger partial charge in [0.25, 0.3) is 5.91 Å². The number of amides is 1. The third-order valence-electron chi connectivity index (χ3n) is 2.96. The molecule has 1 fully saturated rings. The van der Waals surface area contributed by atoms with Crippen LogP contribution in [0.4, 0.5) is 0 Å². The summed E-state index contributed by atoms with van der Waals surface area (Å²) in [6.07, 6.45) is 0. The molecule has 18 heavy (non-hydrogen) atoms. The number of phenolic OH excluding ortho intramolecular Hbond substituents is 2. The Labute approximate surface area is 106 Å². The molecular weight excluding hydrogens is 234 g/mol. The van der Waals surface area contributed by atoms with Gasteiger partial charge in [-0.05, 0) is 26.0 Å². The first-order valence-electron chi connectivity index (χ1n) is 5.85. The summed E-state index contributed by atoms with van der Waals surface area (Å²) in [6, 6.07) is 4.38. The number of rotatable bonds is 1. The summed E-state index contributed by atoms with van der Waals surface area (Å²) in [6.45, 7) is 5.24. The van der Waals surface area contributed by atoms with E-state index in [0.717, 1.165) is 0 Å². The second-order valence-corrected chi connectivity index (χ2v) is 5.01. The molecule has 0 unspecified atom stereocenters. The number of hydrogen-bond donors (Lipinski definition) is 2. The largest absolute Gasteiger partial charge is 0.504 e. The number of carbonyl (C=O) groups is 1. The minimum atomic E-state index is -0.389. The van der Waals surface area contributed by atoms with Crippen LogP contribution in [0.2, 0.25) is 0 Å². The van der Waals surface area contributed by atoms with Gasteiger partial charge in [0, 0.05) is 13.1 Å². The van der Waals surface area contributed by atoms with Crippen molar-refractivity contribution < 1.29 is 19.7 Å². The van der Waals surface area contributed by atoms with E-state index in [1.165, 1.54) is 18.2 Å². The SMILES string of the molecule is CC1(C)CN(C(=O)c2cccc(O)c2O)CCO1. The fourth-order valence-corrected chi connectivity index (χ4v) is 2.06. The van der Waals surface area contributed by atoms with Gasteiger partial charge in [0.05, 0.1) is 17.8 Å². The van der Waals surface area contributed by atoms with E-state index in [0.29, 0.717) is 19.7 Å². The number of benzene rings is 1. The van der Waals surface area contributed by atoms with Crippen molar-refractivity contribution in [2.75, 3.05) is 19.7 Å². The molecule has 0 atom stereocenters. The molecule has 2 N–H and O–H groups in total. The number of hydrogen-bond acceptors (Lipinski definition) is 4. The summed E-state index contributed by atoms with van der Waals surface area (Å²) < 4.78 is 5.53. The van der Waals surface area contributed by atoms with E-state index in [1.807, 2.05) is 13.8 Å². The molecule has 0 radical (unpaired) electrons. The van der Waals surface area contributed by atoms with Crippen LogP contribution in [0.1, 0.15) is 24.2 Å². The van der Waals surface area contributed by atoms with E-state index in [1.54, 1.807) is 4.90 Å². The van der Waals surface area contributed by atoms with Crippen molar-refractivity contribution in [1.29, 1.82) is 0 Å². The second-order valence-electron chi connectivity index (χ2n) is 5.01. The molecule has 1 saturated heterocycles. The van der Waals surface area contributed by atoms with Gasteiger partial charge in [-0.3, -0.25) is 4.79 Å². The number of nitrogens with zero attached hydrogens (tertiary/aromatic N) is 1. The molecule has 0 bridgehead atoms. The number of aromatic hydroxyl groups is 2. The smallest absolute Gasteiger partial charge is 0.257 e. The molecule has 1 aliphatic heterocycles. The minimum Gasteiger partial charge on any atom is -0.504 e. The topological polar surface area (TPSA) is 70.0 Å². The third kappa shape index (κ3) is 2.41. The predicted octanol–water partition coefficient (Wildman–Crippen LogP) is 1.35. The van der Waals surface area contributed by atoms with Gasteiger partial charge >= 0.3 is 0 Å². The summed E-state index contributed by atoms with van der Waals surface area (Å²) in [7, 11) is 0. The molecule has 1 aromatic rings. The average molecular weight is 251 g/mol. The van der Waals surface area contributed by atoms with Crippen molar-refractivity contribution in [3.8, 4) is 11.5 Å². The summed E-state index contributed by atoms with van der Waals surface area (Å²) in [5, 5.41) is 19.1. The number of ether oxygens (including phenoxy) is 1. The predicted molar refractivity (Wildman–Crippen MR) is 65.7 cm³/mol. The monoisotopic (exact) mass is 251 g/mol. The van der Waals surface area contributed by atoms with E-state index in [-0.39, 0.29) is 28.6 Å². The lowest BCUT2D eigenvalue weighted by Gasteiger charge is -2.38. The van der Waals surface area contributed by atoms with E-state index in [9.17, 15) is 15.0 Å². The molecule has 1 aromatic carbocycles. The molecule has 1 aliphatic rings. The second kappa shape index (κ2) is 4.49. The maximum Gasteiger partial charge on any atom is 0.257 e. The molecule has 0 aliphatic carbocycles. The van der Waals surface area contributed by atoms with E-state index >= 15 is 0 Å². The van der Waals surface area contributed by atoms with E-state index < -0.39 is 0 Å². The number of carbonyl (C=O) groups excluding carboxylic acids is 1. The van der Waals surface area contributed by atoms with Crippen LogP contribution in [0.5, 0.6) is 11.5 Å². The highest BCUT2D eigenvalue weighted by atomic mass is 16.5. The maximum atomic E-state index is 12.3. The average Bonchev–Trinajstić information content (AvgIpc) is 2.30. The highest BCUT2D eigenvalue weighted by molar-refractivity contribution is 5.97. The first kappa shape index (κ1) is 12.7. The Morgan fingerprint density at radius 2 is 2.11 bits per heavy atom. The number of phenols is 2. The van der Waals surface area contributed by atoms with Crippen LogP contribution in [-0.2, 0) is 4.74 Å². The Balaban J connectivity index is 2.23. The zero-order valence-corrected chi connectivity index (χ0v) is 10.5. The van der Waals surface area contributed by atoms with Gasteiger partial charge in [-0.1, -0.05) is 6.07 Å².